The van der Waals surface area contributed by atoms with Crippen LogP contribution in [0.2, 0.25) is 0 Å². The van der Waals surface area contributed by atoms with E-state index < -0.39 is 0 Å². The standard InChI is InChI=1S/C12H8O2/c1-8-6-9(7-13)12(14)11-5-3-2-4-10(8)11/h2-7H,1H2. The van der Waals surface area contributed by atoms with E-state index >= 15 is 0 Å². The van der Waals surface area contributed by atoms with Crippen molar-refractivity contribution in [2.24, 2.45) is 0 Å². The molecule has 0 amide bonds. The van der Waals surface area contributed by atoms with Gasteiger partial charge >= 0.3 is 0 Å². The smallest absolute Gasteiger partial charge is 0.196 e. The zero-order valence-corrected chi connectivity index (χ0v) is 7.49. The van der Waals surface area contributed by atoms with Gasteiger partial charge in [0.1, 0.15) is 0 Å². The average molecular weight is 184 g/mol. The summed E-state index contributed by atoms with van der Waals surface area (Å²) in [5.74, 6) is -0.219. The minimum atomic E-state index is -0.219. The summed E-state index contributed by atoms with van der Waals surface area (Å²) in [5, 5.41) is 0. The maximum absolute atomic E-state index is 11.7. The molecule has 0 bridgehead atoms. The van der Waals surface area contributed by atoms with Crippen molar-refractivity contribution in [1.29, 1.82) is 0 Å². The third-order valence-electron chi connectivity index (χ3n) is 2.24. The summed E-state index contributed by atoms with van der Waals surface area (Å²) in [6, 6.07) is 7.15. The van der Waals surface area contributed by atoms with E-state index in [9.17, 15) is 9.59 Å². The SMILES string of the molecule is C=C1C=C(C=O)C(=O)c2ccccc21. The second-order valence-corrected chi connectivity index (χ2v) is 3.12. The summed E-state index contributed by atoms with van der Waals surface area (Å²) in [5.41, 5.74) is 2.25. The molecule has 68 valence electrons. The molecule has 2 rings (SSSR count). The highest BCUT2D eigenvalue weighted by Gasteiger charge is 2.20. The van der Waals surface area contributed by atoms with Crippen LogP contribution in [0.3, 0.4) is 0 Å². The van der Waals surface area contributed by atoms with E-state index in [-0.39, 0.29) is 11.4 Å². The number of rotatable bonds is 1. The Kier molecular flexibility index (Phi) is 1.89. The van der Waals surface area contributed by atoms with Crippen molar-refractivity contribution < 1.29 is 9.59 Å². The summed E-state index contributed by atoms with van der Waals surface area (Å²) in [4.78, 5) is 22.2. The zero-order chi connectivity index (χ0) is 10.1. The number of benzene rings is 1. The summed E-state index contributed by atoms with van der Waals surface area (Å²) in [6.45, 7) is 3.80. The van der Waals surface area contributed by atoms with Crippen molar-refractivity contribution >= 4 is 17.6 Å². The third-order valence-corrected chi connectivity index (χ3v) is 2.24. The van der Waals surface area contributed by atoms with Gasteiger partial charge in [-0.2, -0.15) is 0 Å². The number of carbonyl (C=O) groups excluding carboxylic acids is 2. The van der Waals surface area contributed by atoms with Crippen LogP contribution in [0, 0.1) is 0 Å². The van der Waals surface area contributed by atoms with Crippen molar-refractivity contribution in [2.45, 2.75) is 0 Å². The third kappa shape index (κ3) is 1.12. The Hall–Kier alpha value is -1.96. The fraction of sp³-hybridized carbons (Fsp3) is 0. The van der Waals surface area contributed by atoms with Gasteiger partial charge < -0.3 is 0 Å². The highest BCUT2D eigenvalue weighted by Crippen LogP contribution is 2.26. The Morgan fingerprint density at radius 1 is 1.14 bits per heavy atom. The number of fused-ring (bicyclic) bond motifs is 1. The molecule has 2 heteroatoms. The van der Waals surface area contributed by atoms with Crippen LogP contribution < -0.4 is 0 Å². The maximum Gasteiger partial charge on any atom is 0.196 e. The fourth-order valence-corrected chi connectivity index (χ4v) is 1.54. The fourth-order valence-electron chi connectivity index (χ4n) is 1.54. The molecule has 0 radical (unpaired) electrons. The predicted octanol–water partition coefficient (Wildman–Crippen LogP) is 2.02. The maximum atomic E-state index is 11.7. The number of Topliss-reactive ketones (excluding diaryl/α,β-unsaturated/α-hetero) is 1. The molecule has 1 aliphatic rings. The van der Waals surface area contributed by atoms with Crippen molar-refractivity contribution in [3.05, 3.63) is 53.6 Å². The van der Waals surface area contributed by atoms with E-state index in [0.29, 0.717) is 17.4 Å². The molecule has 0 heterocycles. The molecule has 1 aromatic rings. The molecule has 2 nitrogen and oxygen atoms in total. The minimum Gasteiger partial charge on any atom is -0.298 e. The van der Waals surface area contributed by atoms with Crippen molar-refractivity contribution in [3.63, 3.8) is 0 Å². The van der Waals surface area contributed by atoms with Gasteiger partial charge in [0.05, 0.1) is 5.57 Å². The van der Waals surface area contributed by atoms with Crippen LogP contribution in [-0.2, 0) is 4.79 Å². The lowest BCUT2D eigenvalue weighted by Gasteiger charge is -2.13. The molecule has 0 aliphatic heterocycles. The van der Waals surface area contributed by atoms with Crippen molar-refractivity contribution in [3.8, 4) is 0 Å². The molecular weight excluding hydrogens is 176 g/mol. The highest BCUT2D eigenvalue weighted by atomic mass is 16.1. The normalized spacial score (nSPS) is 14.7. The first-order valence-electron chi connectivity index (χ1n) is 4.24. The van der Waals surface area contributed by atoms with Crippen LogP contribution in [0.4, 0.5) is 0 Å². The van der Waals surface area contributed by atoms with Gasteiger partial charge in [-0.25, -0.2) is 0 Å². The van der Waals surface area contributed by atoms with Crippen LogP contribution in [0.5, 0.6) is 0 Å². The lowest BCUT2D eigenvalue weighted by molar-refractivity contribution is -0.104. The average Bonchev–Trinajstić information content (AvgIpc) is 2.23. The van der Waals surface area contributed by atoms with Gasteiger partial charge in [0.25, 0.3) is 0 Å². The van der Waals surface area contributed by atoms with Crippen LogP contribution in [0.25, 0.3) is 5.57 Å². The summed E-state index contributed by atoms with van der Waals surface area (Å²) >= 11 is 0. The molecule has 0 spiro atoms. The van der Waals surface area contributed by atoms with Crippen molar-refractivity contribution in [1.82, 2.24) is 0 Å². The monoisotopic (exact) mass is 184 g/mol. The van der Waals surface area contributed by atoms with Crippen LogP contribution in [0.1, 0.15) is 15.9 Å². The van der Waals surface area contributed by atoms with Gasteiger partial charge in [0, 0.05) is 5.56 Å². The number of aldehydes is 1. The molecule has 0 fully saturated rings. The van der Waals surface area contributed by atoms with E-state index in [1.165, 1.54) is 6.08 Å². The Labute approximate surface area is 81.6 Å². The van der Waals surface area contributed by atoms with Gasteiger partial charge in [-0.15, -0.1) is 0 Å². The Balaban J connectivity index is 2.66. The molecule has 0 unspecified atom stereocenters. The molecule has 0 saturated heterocycles. The molecule has 14 heavy (non-hydrogen) atoms. The first-order chi connectivity index (χ1) is 6.74. The Morgan fingerprint density at radius 2 is 1.79 bits per heavy atom. The summed E-state index contributed by atoms with van der Waals surface area (Å²) in [6.07, 6.45) is 2.10. The number of hydrogen-bond acceptors (Lipinski definition) is 2. The predicted molar refractivity (Wildman–Crippen MR) is 54.0 cm³/mol. The topological polar surface area (TPSA) is 34.1 Å². The first kappa shape index (κ1) is 8.63. The van der Waals surface area contributed by atoms with Crippen LogP contribution in [-0.4, -0.2) is 12.1 Å². The Morgan fingerprint density at radius 3 is 2.43 bits per heavy atom. The van der Waals surface area contributed by atoms with Gasteiger partial charge in [0.2, 0.25) is 0 Å². The van der Waals surface area contributed by atoms with E-state index in [2.05, 4.69) is 6.58 Å². The largest absolute Gasteiger partial charge is 0.298 e. The molecule has 0 N–H and O–H groups in total. The van der Waals surface area contributed by atoms with Crippen molar-refractivity contribution in [2.75, 3.05) is 0 Å². The summed E-state index contributed by atoms with van der Waals surface area (Å²) < 4.78 is 0. The number of allylic oxidation sites excluding steroid dienone is 3. The first-order valence-corrected chi connectivity index (χ1v) is 4.24. The van der Waals surface area contributed by atoms with Gasteiger partial charge in [0.15, 0.2) is 12.1 Å². The van der Waals surface area contributed by atoms with Gasteiger partial charge in [-0.05, 0) is 17.2 Å². The molecule has 0 aromatic heterocycles. The molecule has 1 aliphatic carbocycles. The molecular formula is C12H8O2. The molecule has 0 saturated carbocycles. The summed E-state index contributed by atoms with van der Waals surface area (Å²) in [7, 11) is 0. The number of hydrogen-bond donors (Lipinski definition) is 0. The lowest BCUT2D eigenvalue weighted by atomic mass is 9.88. The van der Waals surface area contributed by atoms with E-state index in [1.807, 2.05) is 12.1 Å². The molecule has 0 atom stereocenters. The number of ketones is 1. The minimum absolute atomic E-state index is 0.175. The van der Waals surface area contributed by atoms with E-state index in [0.717, 1.165) is 5.56 Å². The quantitative estimate of drug-likeness (QED) is 0.494. The van der Waals surface area contributed by atoms with Crippen LogP contribution >= 0.6 is 0 Å². The van der Waals surface area contributed by atoms with E-state index in [4.69, 9.17) is 0 Å². The highest BCUT2D eigenvalue weighted by molar-refractivity contribution is 6.25. The second-order valence-electron chi connectivity index (χ2n) is 3.12. The van der Waals surface area contributed by atoms with Crippen LogP contribution in [0.15, 0.2) is 42.5 Å². The molecule has 1 aromatic carbocycles. The van der Waals surface area contributed by atoms with Gasteiger partial charge in [-0.3, -0.25) is 9.59 Å². The van der Waals surface area contributed by atoms with E-state index in [1.54, 1.807) is 12.1 Å². The lowest BCUT2D eigenvalue weighted by Crippen LogP contribution is -2.11. The Bertz CT molecular complexity index is 467. The second kappa shape index (κ2) is 3.07. The number of carbonyl (C=O) groups is 2. The zero-order valence-electron chi connectivity index (χ0n) is 7.49. The van der Waals surface area contributed by atoms with Gasteiger partial charge in [-0.1, -0.05) is 30.8 Å².